The minimum absolute atomic E-state index is 0.0963. The molecule has 0 aromatic carbocycles. The van der Waals surface area contributed by atoms with Crippen molar-refractivity contribution in [3.05, 3.63) is 0 Å². The monoisotopic (exact) mass is 266 g/mol. The largest absolute Gasteiger partial charge is 0.514 e. The standard InChI is InChI=1S/C15H22O4/c1-3-17-9(2)14-7-10-4-11(8-14)6-12(5-10)15(14)18-13(16)19-15/h9-12H,3-8H2,1-2H3. The van der Waals surface area contributed by atoms with Gasteiger partial charge in [0.1, 0.15) is 0 Å². The molecule has 0 N–H and O–H groups in total. The van der Waals surface area contributed by atoms with Crippen LogP contribution in [0.15, 0.2) is 0 Å². The van der Waals surface area contributed by atoms with Crippen LogP contribution in [0.3, 0.4) is 0 Å². The first-order valence-corrected chi connectivity index (χ1v) is 7.63. The van der Waals surface area contributed by atoms with E-state index in [0.29, 0.717) is 12.5 Å². The summed E-state index contributed by atoms with van der Waals surface area (Å²) < 4.78 is 17.2. The summed E-state index contributed by atoms with van der Waals surface area (Å²) in [7, 11) is 0. The van der Waals surface area contributed by atoms with Gasteiger partial charge in [-0.25, -0.2) is 4.79 Å². The van der Waals surface area contributed by atoms with Crippen LogP contribution in [0.5, 0.6) is 0 Å². The summed E-state index contributed by atoms with van der Waals surface area (Å²) in [6.45, 7) is 4.86. The van der Waals surface area contributed by atoms with Crippen LogP contribution in [0.4, 0.5) is 4.79 Å². The van der Waals surface area contributed by atoms with Gasteiger partial charge in [0.15, 0.2) is 0 Å². The van der Waals surface area contributed by atoms with Gasteiger partial charge in [0.25, 0.3) is 5.79 Å². The van der Waals surface area contributed by atoms with E-state index in [1.165, 1.54) is 6.42 Å². The Morgan fingerprint density at radius 1 is 1.26 bits per heavy atom. The molecule has 0 aromatic rings. The van der Waals surface area contributed by atoms with E-state index in [1.54, 1.807) is 0 Å². The Bertz CT molecular complexity index is 396. The van der Waals surface area contributed by atoms with E-state index in [2.05, 4.69) is 6.92 Å². The molecule has 4 aliphatic carbocycles. The quantitative estimate of drug-likeness (QED) is 0.736. The summed E-state index contributed by atoms with van der Waals surface area (Å²) in [5.74, 6) is 1.27. The van der Waals surface area contributed by atoms with Crippen molar-refractivity contribution < 1.29 is 19.0 Å². The molecule has 5 rings (SSSR count). The Balaban J connectivity index is 1.74. The first-order chi connectivity index (χ1) is 9.09. The molecule has 5 aliphatic rings. The maximum atomic E-state index is 11.3. The van der Waals surface area contributed by atoms with Crippen molar-refractivity contribution in [2.45, 2.75) is 57.8 Å². The number of ether oxygens (including phenoxy) is 3. The maximum absolute atomic E-state index is 11.3. The van der Waals surface area contributed by atoms with Crippen molar-refractivity contribution in [3.63, 3.8) is 0 Å². The minimum Gasteiger partial charge on any atom is -0.390 e. The van der Waals surface area contributed by atoms with Gasteiger partial charge in [-0.05, 0) is 57.8 Å². The second-order valence-electron chi connectivity index (χ2n) is 6.92. The minimum atomic E-state index is -0.661. The fourth-order valence-electron chi connectivity index (χ4n) is 5.66. The van der Waals surface area contributed by atoms with Gasteiger partial charge in [0.2, 0.25) is 0 Å². The second kappa shape index (κ2) is 3.66. The third-order valence-corrected chi connectivity index (χ3v) is 6.10. The molecule has 0 amide bonds. The van der Waals surface area contributed by atoms with Crippen LogP contribution < -0.4 is 0 Å². The predicted octanol–water partition coefficient (Wildman–Crippen LogP) is 3.10. The molecule has 5 fully saturated rings. The molecular weight excluding hydrogens is 244 g/mol. The molecule has 3 atom stereocenters. The first kappa shape index (κ1) is 12.0. The number of hydrogen-bond donors (Lipinski definition) is 0. The number of carbonyl (C=O) groups excluding carboxylic acids is 1. The summed E-state index contributed by atoms with van der Waals surface area (Å²) in [6, 6.07) is 0. The Morgan fingerprint density at radius 3 is 2.42 bits per heavy atom. The third kappa shape index (κ3) is 1.31. The summed E-state index contributed by atoms with van der Waals surface area (Å²) in [5, 5.41) is 0. The normalized spacial score (nSPS) is 46.6. The van der Waals surface area contributed by atoms with Crippen LogP contribution in [0.1, 0.15) is 46.0 Å². The van der Waals surface area contributed by atoms with Gasteiger partial charge in [-0.3, -0.25) is 0 Å². The summed E-state index contributed by atoms with van der Waals surface area (Å²) >= 11 is 0. The van der Waals surface area contributed by atoms with Crippen molar-refractivity contribution in [2.75, 3.05) is 6.61 Å². The zero-order valence-corrected chi connectivity index (χ0v) is 11.7. The predicted molar refractivity (Wildman–Crippen MR) is 67.4 cm³/mol. The summed E-state index contributed by atoms with van der Waals surface area (Å²) in [6.07, 6.45) is 5.45. The van der Waals surface area contributed by atoms with Crippen LogP contribution in [0, 0.1) is 23.2 Å². The highest BCUT2D eigenvalue weighted by Crippen LogP contribution is 2.69. The van der Waals surface area contributed by atoms with E-state index < -0.39 is 11.9 Å². The van der Waals surface area contributed by atoms with Crippen LogP contribution in [-0.4, -0.2) is 24.7 Å². The second-order valence-corrected chi connectivity index (χ2v) is 6.92. The van der Waals surface area contributed by atoms with Gasteiger partial charge >= 0.3 is 6.16 Å². The first-order valence-electron chi connectivity index (χ1n) is 7.63. The Kier molecular flexibility index (Phi) is 2.31. The maximum Gasteiger partial charge on any atom is 0.514 e. The molecule has 4 bridgehead atoms. The fourth-order valence-corrected chi connectivity index (χ4v) is 5.66. The van der Waals surface area contributed by atoms with Crippen molar-refractivity contribution in [2.24, 2.45) is 23.2 Å². The van der Waals surface area contributed by atoms with Gasteiger partial charge in [0, 0.05) is 12.5 Å². The average molecular weight is 266 g/mol. The van der Waals surface area contributed by atoms with Crippen LogP contribution in [0.2, 0.25) is 0 Å². The van der Waals surface area contributed by atoms with Crippen molar-refractivity contribution in [3.8, 4) is 0 Å². The van der Waals surface area contributed by atoms with Gasteiger partial charge in [0.05, 0.1) is 11.5 Å². The molecule has 3 unspecified atom stereocenters. The molecule has 4 saturated carbocycles. The molecule has 0 aromatic heterocycles. The highest BCUT2D eigenvalue weighted by Gasteiger charge is 2.76. The number of carbonyl (C=O) groups is 1. The van der Waals surface area contributed by atoms with Gasteiger partial charge in [-0.15, -0.1) is 0 Å². The molecular formula is C15H22O4. The molecule has 106 valence electrons. The Morgan fingerprint density at radius 2 is 1.89 bits per heavy atom. The van der Waals surface area contributed by atoms with Gasteiger partial charge in [-0.2, -0.15) is 0 Å². The topological polar surface area (TPSA) is 44.8 Å². The SMILES string of the molecule is CCOC(C)C12CC3CC(CC(C3)C13OC(=O)O3)C2. The summed E-state index contributed by atoms with van der Waals surface area (Å²) in [4.78, 5) is 11.3. The lowest BCUT2D eigenvalue weighted by atomic mass is 9.44. The van der Waals surface area contributed by atoms with Crippen molar-refractivity contribution in [1.82, 2.24) is 0 Å². The number of rotatable bonds is 3. The van der Waals surface area contributed by atoms with Crippen molar-refractivity contribution in [1.29, 1.82) is 0 Å². The molecule has 0 radical (unpaired) electrons. The molecule has 19 heavy (non-hydrogen) atoms. The Hall–Kier alpha value is -0.770. The van der Waals surface area contributed by atoms with E-state index in [-0.39, 0.29) is 11.5 Å². The average Bonchev–Trinajstić information content (AvgIpc) is 2.32. The van der Waals surface area contributed by atoms with Crippen LogP contribution in [-0.2, 0) is 14.2 Å². The molecule has 1 saturated heterocycles. The summed E-state index contributed by atoms with van der Waals surface area (Å²) in [5.41, 5.74) is -0.105. The zero-order chi connectivity index (χ0) is 13.3. The third-order valence-electron chi connectivity index (χ3n) is 6.10. The van der Waals surface area contributed by atoms with Gasteiger partial charge in [-0.1, -0.05) is 0 Å². The molecule has 1 aliphatic heterocycles. The lowest BCUT2D eigenvalue weighted by Gasteiger charge is -2.68. The zero-order valence-electron chi connectivity index (χ0n) is 11.7. The van der Waals surface area contributed by atoms with E-state index >= 15 is 0 Å². The van der Waals surface area contributed by atoms with Gasteiger partial charge < -0.3 is 14.2 Å². The Labute approximate surface area is 113 Å². The number of hydrogen-bond acceptors (Lipinski definition) is 4. The van der Waals surface area contributed by atoms with E-state index in [1.807, 2.05) is 6.92 Å². The molecule has 1 spiro atoms. The fraction of sp³-hybridized carbons (Fsp3) is 0.933. The highest BCUT2D eigenvalue weighted by molar-refractivity contribution is 5.66. The van der Waals surface area contributed by atoms with Crippen LogP contribution in [0.25, 0.3) is 0 Å². The molecule has 1 heterocycles. The highest BCUT2D eigenvalue weighted by atomic mass is 16.9. The van der Waals surface area contributed by atoms with Crippen LogP contribution >= 0.6 is 0 Å². The molecule has 4 nitrogen and oxygen atoms in total. The molecule has 4 heteroatoms. The van der Waals surface area contributed by atoms with E-state index in [9.17, 15) is 4.79 Å². The van der Waals surface area contributed by atoms with Crippen molar-refractivity contribution >= 4 is 6.16 Å². The van der Waals surface area contributed by atoms with E-state index in [4.69, 9.17) is 14.2 Å². The lowest BCUT2D eigenvalue weighted by molar-refractivity contribution is -0.411. The lowest BCUT2D eigenvalue weighted by Crippen LogP contribution is -2.75. The van der Waals surface area contributed by atoms with E-state index in [0.717, 1.165) is 37.5 Å². The smallest absolute Gasteiger partial charge is 0.390 e.